The number of fused-ring (bicyclic) bond motifs is 4. The van der Waals surface area contributed by atoms with Crippen LogP contribution in [-0.2, 0) is 16.0 Å². The Hall–Kier alpha value is -3.09. The second-order valence-electron chi connectivity index (χ2n) is 9.04. The summed E-state index contributed by atoms with van der Waals surface area (Å²) < 4.78 is 6.99. The van der Waals surface area contributed by atoms with E-state index in [9.17, 15) is 14.4 Å². The molecule has 0 saturated carbocycles. The number of carbonyl (C=O) groups excluding carboxylic acids is 2. The summed E-state index contributed by atoms with van der Waals surface area (Å²) in [7, 11) is 0. The number of hydrogen-bond acceptors (Lipinski definition) is 4. The number of carbonyl (C=O) groups is 2. The number of amides is 2. The second kappa shape index (κ2) is 9.59. The molecule has 0 radical (unpaired) electrons. The quantitative estimate of drug-likeness (QED) is 0.675. The largest absolute Gasteiger partial charge is 0.469 e. The highest BCUT2D eigenvalue weighted by atomic mass is 16.3. The topological polar surface area (TPSA) is 84.6 Å². The number of allylic oxidation sites excluding steroid dienone is 2. The first kappa shape index (κ1) is 22.1. The molecule has 170 valence electrons. The zero-order chi connectivity index (χ0) is 22.7. The van der Waals surface area contributed by atoms with Crippen LogP contribution in [0.5, 0.6) is 0 Å². The third-order valence-corrected chi connectivity index (χ3v) is 6.43. The smallest absolute Gasteiger partial charge is 0.251 e. The molecule has 2 aliphatic rings. The van der Waals surface area contributed by atoms with Crippen LogP contribution in [0.4, 0.5) is 0 Å². The zero-order valence-electron chi connectivity index (χ0n) is 18.8. The van der Waals surface area contributed by atoms with Gasteiger partial charge in [-0.15, -0.1) is 0 Å². The number of piperidine rings is 1. The Morgan fingerprint density at radius 1 is 1.19 bits per heavy atom. The summed E-state index contributed by atoms with van der Waals surface area (Å²) in [6.07, 6.45) is 6.26. The van der Waals surface area contributed by atoms with Crippen LogP contribution in [0.1, 0.15) is 56.5 Å². The molecule has 0 spiro atoms. The maximum atomic E-state index is 13.3. The second-order valence-corrected chi connectivity index (χ2v) is 9.04. The third kappa shape index (κ3) is 4.71. The Labute approximate surface area is 188 Å². The summed E-state index contributed by atoms with van der Waals surface area (Å²) in [6.45, 7) is 5.59. The number of nitrogens with one attached hydrogen (secondary N) is 1. The van der Waals surface area contributed by atoms with Gasteiger partial charge in [0.2, 0.25) is 11.8 Å². The standard InChI is InChI=1S/C25H31N3O4/c1-17(2)6-3-9-22(29)27-15-18-14-19(16-27)24(28-21(18)8-4-10-23(28)30)25(31)26-12-11-20-7-5-13-32-20/h4-8,10,13,18-19,24H,3,9,11-12,14-16H2,1-2H3,(H,26,31)/t18-,19+,24+/m0/s1. The minimum atomic E-state index is -0.611. The Balaban J connectivity index is 1.52. The van der Waals surface area contributed by atoms with Crippen molar-refractivity contribution in [2.45, 2.75) is 51.5 Å². The number of rotatable bonds is 7. The lowest BCUT2D eigenvalue weighted by molar-refractivity contribution is -0.137. The van der Waals surface area contributed by atoms with Crippen molar-refractivity contribution < 1.29 is 14.0 Å². The van der Waals surface area contributed by atoms with Gasteiger partial charge in [0, 0.05) is 56.1 Å². The maximum Gasteiger partial charge on any atom is 0.251 e. The van der Waals surface area contributed by atoms with Gasteiger partial charge in [0.25, 0.3) is 5.56 Å². The van der Waals surface area contributed by atoms with E-state index in [1.165, 1.54) is 11.6 Å². The summed E-state index contributed by atoms with van der Waals surface area (Å²) >= 11 is 0. The van der Waals surface area contributed by atoms with Crippen LogP contribution < -0.4 is 10.9 Å². The van der Waals surface area contributed by atoms with E-state index < -0.39 is 6.04 Å². The van der Waals surface area contributed by atoms with Crippen LogP contribution in [0.15, 0.2) is 57.5 Å². The molecule has 2 amide bonds. The highest BCUT2D eigenvalue weighted by Gasteiger charge is 2.44. The molecule has 2 aliphatic heterocycles. The van der Waals surface area contributed by atoms with Gasteiger partial charge in [-0.1, -0.05) is 17.7 Å². The van der Waals surface area contributed by atoms with Crippen LogP contribution >= 0.6 is 0 Å². The normalized spacial score (nSPS) is 21.6. The lowest BCUT2D eigenvalue weighted by Gasteiger charge is -2.46. The summed E-state index contributed by atoms with van der Waals surface area (Å²) in [5.41, 5.74) is 1.89. The monoisotopic (exact) mass is 437 g/mol. The van der Waals surface area contributed by atoms with Crippen LogP contribution in [0.2, 0.25) is 0 Å². The fraction of sp³-hybridized carbons (Fsp3) is 0.480. The van der Waals surface area contributed by atoms with Crippen molar-refractivity contribution in [3.05, 3.63) is 70.1 Å². The predicted molar refractivity (Wildman–Crippen MR) is 121 cm³/mol. The van der Waals surface area contributed by atoms with E-state index >= 15 is 0 Å². The molecule has 0 aromatic carbocycles. The molecule has 3 atom stereocenters. The molecule has 0 unspecified atom stereocenters. The van der Waals surface area contributed by atoms with Crippen LogP contribution in [0.25, 0.3) is 0 Å². The first-order valence-electron chi connectivity index (χ1n) is 11.4. The molecular weight excluding hydrogens is 406 g/mol. The van der Waals surface area contributed by atoms with Gasteiger partial charge in [-0.05, 0) is 44.9 Å². The van der Waals surface area contributed by atoms with Gasteiger partial charge < -0.3 is 14.6 Å². The average molecular weight is 438 g/mol. The fourth-order valence-electron chi connectivity index (χ4n) is 4.99. The fourth-order valence-corrected chi connectivity index (χ4v) is 4.99. The third-order valence-electron chi connectivity index (χ3n) is 6.43. The Bertz CT molecular complexity index is 1050. The van der Waals surface area contributed by atoms with Gasteiger partial charge in [0.05, 0.1) is 6.26 Å². The number of pyridine rings is 1. The summed E-state index contributed by atoms with van der Waals surface area (Å²) in [5, 5.41) is 2.98. The van der Waals surface area contributed by atoms with Crippen LogP contribution in [0, 0.1) is 5.92 Å². The molecule has 1 N–H and O–H groups in total. The Morgan fingerprint density at radius 3 is 2.78 bits per heavy atom. The van der Waals surface area contributed by atoms with Gasteiger partial charge in [-0.25, -0.2) is 0 Å². The summed E-state index contributed by atoms with van der Waals surface area (Å²) in [6, 6.07) is 8.25. The van der Waals surface area contributed by atoms with Crippen molar-refractivity contribution in [3.63, 3.8) is 0 Å². The minimum absolute atomic E-state index is 0.0715. The van der Waals surface area contributed by atoms with Crippen molar-refractivity contribution in [3.8, 4) is 0 Å². The lowest BCUT2D eigenvalue weighted by atomic mass is 9.78. The molecule has 2 bridgehead atoms. The van der Waals surface area contributed by atoms with Crippen molar-refractivity contribution in [2.24, 2.45) is 5.92 Å². The molecule has 1 saturated heterocycles. The highest BCUT2D eigenvalue weighted by molar-refractivity contribution is 5.82. The Morgan fingerprint density at radius 2 is 2.03 bits per heavy atom. The lowest BCUT2D eigenvalue weighted by Crippen LogP contribution is -2.54. The number of likely N-dealkylation sites (tertiary alicyclic amines) is 1. The van der Waals surface area contributed by atoms with E-state index in [0.717, 1.165) is 24.3 Å². The van der Waals surface area contributed by atoms with E-state index in [1.54, 1.807) is 16.9 Å². The molecule has 7 nitrogen and oxygen atoms in total. The summed E-state index contributed by atoms with van der Waals surface area (Å²) in [4.78, 5) is 40.8. The molecule has 4 rings (SSSR count). The summed E-state index contributed by atoms with van der Waals surface area (Å²) in [5.74, 6) is 0.728. The Kier molecular flexibility index (Phi) is 6.63. The first-order chi connectivity index (χ1) is 15.4. The van der Waals surface area contributed by atoms with Gasteiger partial charge in [-0.2, -0.15) is 0 Å². The van der Waals surface area contributed by atoms with E-state index in [1.807, 2.05) is 36.9 Å². The first-order valence-corrected chi connectivity index (χ1v) is 11.4. The number of aromatic nitrogens is 1. The molecule has 2 aromatic heterocycles. The molecular formula is C25H31N3O4. The van der Waals surface area contributed by atoms with Crippen molar-refractivity contribution in [2.75, 3.05) is 19.6 Å². The number of furan rings is 1. The molecule has 7 heteroatoms. The average Bonchev–Trinajstić information content (AvgIpc) is 3.27. The molecule has 32 heavy (non-hydrogen) atoms. The van der Waals surface area contributed by atoms with Gasteiger partial charge in [0.15, 0.2) is 0 Å². The van der Waals surface area contributed by atoms with Crippen molar-refractivity contribution in [1.29, 1.82) is 0 Å². The van der Waals surface area contributed by atoms with Gasteiger partial charge in [-0.3, -0.25) is 19.0 Å². The number of hydrogen-bond donors (Lipinski definition) is 1. The highest BCUT2D eigenvalue weighted by Crippen LogP contribution is 2.41. The molecule has 2 aromatic rings. The zero-order valence-corrected chi connectivity index (χ0v) is 18.8. The predicted octanol–water partition coefficient (Wildman–Crippen LogP) is 3.03. The van der Waals surface area contributed by atoms with Crippen LogP contribution in [-0.4, -0.2) is 40.9 Å². The van der Waals surface area contributed by atoms with E-state index in [0.29, 0.717) is 32.5 Å². The molecule has 1 fully saturated rings. The SMILES string of the molecule is CC(C)=CCCC(=O)N1C[C@@H]2C[C@H](C1)[C@H](C(=O)NCCc1ccco1)n1c2cccc1=O. The minimum Gasteiger partial charge on any atom is -0.469 e. The van der Waals surface area contributed by atoms with Crippen LogP contribution in [0.3, 0.4) is 0 Å². The van der Waals surface area contributed by atoms with E-state index in [2.05, 4.69) is 11.4 Å². The van der Waals surface area contributed by atoms with E-state index in [-0.39, 0.29) is 29.2 Å². The van der Waals surface area contributed by atoms with E-state index in [4.69, 9.17) is 4.42 Å². The molecule has 4 heterocycles. The van der Waals surface area contributed by atoms with Gasteiger partial charge in [0.1, 0.15) is 11.8 Å². The maximum absolute atomic E-state index is 13.3. The van der Waals surface area contributed by atoms with Crippen molar-refractivity contribution >= 4 is 11.8 Å². The molecule has 0 aliphatic carbocycles. The number of nitrogens with zero attached hydrogens (tertiary/aromatic N) is 2. The van der Waals surface area contributed by atoms with Crippen molar-refractivity contribution in [1.82, 2.24) is 14.8 Å². The van der Waals surface area contributed by atoms with Gasteiger partial charge >= 0.3 is 0 Å².